The van der Waals surface area contributed by atoms with Crippen molar-refractivity contribution in [3.05, 3.63) is 82.4 Å². The van der Waals surface area contributed by atoms with Crippen LogP contribution in [0.2, 0.25) is 0 Å². The Labute approximate surface area is 188 Å². The zero-order valence-electron chi connectivity index (χ0n) is 18.8. The van der Waals surface area contributed by atoms with Gasteiger partial charge in [-0.15, -0.1) is 0 Å². The van der Waals surface area contributed by atoms with Crippen LogP contribution >= 0.6 is 0 Å². The van der Waals surface area contributed by atoms with Gasteiger partial charge in [0.25, 0.3) is 0 Å². The molecule has 0 saturated carbocycles. The van der Waals surface area contributed by atoms with E-state index >= 15 is 0 Å². The van der Waals surface area contributed by atoms with Gasteiger partial charge in [0, 0.05) is 45.8 Å². The summed E-state index contributed by atoms with van der Waals surface area (Å²) >= 11 is 0. The molecule has 1 amide bonds. The van der Waals surface area contributed by atoms with E-state index in [1.54, 1.807) is 11.9 Å². The van der Waals surface area contributed by atoms with Crippen molar-refractivity contribution in [1.82, 2.24) is 19.6 Å². The Kier molecular flexibility index (Phi) is 6.67. The number of nitrogens with zero attached hydrogens (tertiary/aromatic N) is 4. The lowest BCUT2D eigenvalue weighted by molar-refractivity contribution is -0.134. The number of benzene rings is 2. The van der Waals surface area contributed by atoms with E-state index in [0.717, 1.165) is 48.6 Å². The van der Waals surface area contributed by atoms with E-state index < -0.39 is 0 Å². The van der Waals surface area contributed by atoms with E-state index in [1.165, 1.54) is 30.5 Å². The highest BCUT2D eigenvalue weighted by Crippen LogP contribution is 2.27. The minimum absolute atomic E-state index is 0.0497. The Morgan fingerprint density at radius 3 is 2.56 bits per heavy atom. The van der Waals surface area contributed by atoms with Crippen molar-refractivity contribution < 1.29 is 13.9 Å². The largest absolute Gasteiger partial charge is 0.375 e. The second-order valence-corrected chi connectivity index (χ2v) is 8.39. The fraction of sp³-hybridized carbons (Fsp3) is 0.360. The van der Waals surface area contributed by atoms with Gasteiger partial charge in [-0.05, 0) is 36.8 Å². The maximum atomic E-state index is 13.3. The first-order chi connectivity index (χ1) is 15.4. The summed E-state index contributed by atoms with van der Waals surface area (Å²) in [7, 11) is 3.30. The highest BCUT2D eigenvalue weighted by Gasteiger charge is 2.27. The second kappa shape index (κ2) is 9.63. The van der Waals surface area contributed by atoms with E-state index in [0.29, 0.717) is 6.54 Å². The van der Waals surface area contributed by atoms with Gasteiger partial charge >= 0.3 is 0 Å². The fourth-order valence-corrected chi connectivity index (χ4v) is 4.10. The number of rotatable bonds is 7. The number of carbonyl (C=O) groups is 1. The van der Waals surface area contributed by atoms with Crippen molar-refractivity contribution >= 4 is 5.91 Å². The second-order valence-electron chi connectivity index (χ2n) is 8.39. The van der Waals surface area contributed by atoms with Gasteiger partial charge in [0.1, 0.15) is 12.4 Å². The molecule has 0 N–H and O–H groups in total. The molecule has 3 aromatic rings. The van der Waals surface area contributed by atoms with Crippen LogP contribution in [0, 0.1) is 12.7 Å². The molecule has 0 unspecified atom stereocenters. The molecular formula is C25H29FN4O2. The van der Waals surface area contributed by atoms with E-state index in [1.807, 2.05) is 16.8 Å². The predicted octanol–water partition coefficient (Wildman–Crippen LogP) is 3.48. The Morgan fingerprint density at radius 1 is 1.16 bits per heavy atom. The normalized spacial score (nSPS) is 13.8. The first-order valence-electron chi connectivity index (χ1n) is 10.8. The Balaban J connectivity index is 1.63. The third kappa shape index (κ3) is 4.89. The van der Waals surface area contributed by atoms with Crippen LogP contribution in [0.4, 0.5) is 4.39 Å². The van der Waals surface area contributed by atoms with Gasteiger partial charge in [-0.3, -0.25) is 9.69 Å². The van der Waals surface area contributed by atoms with E-state index in [9.17, 15) is 9.18 Å². The summed E-state index contributed by atoms with van der Waals surface area (Å²) in [5, 5.41) is 4.93. The predicted molar refractivity (Wildman–Crippen MR) is 121 cm³/mol. The van der Waals surface area contributed by atoms with Crippen molar-refractivity contribution in [2.45, 2.75) is 33.0 Å². The molecule has 0 spiro atoms. The Hall–Kier alpha value is -3.03. The number of aryl methyl sites for hydroxylation is 1. The fourth-order valence-electron chi connectivity index (χ4n) is 4.10. The third-order valence-electron chi connectivity index (χ3n) is 5.90. The molecule has 6 nitrogen and oxygen atoms in total. The maximum Gasteiger partial charge on any atom is 0.248 e. The van der Waals surface area contributed by atoms with Gasteiger partial charge in [-0.25, -0.2) is 9.07 Å². The van der Waals surface area contributed by atoms with Gasteiger partial charge in [-0.1, -0.05) is 29.8 Å². The number of hydrogen-bond acceptors (Lipinski definition) is 4. The van der Waals surface area contributed by atoms with Crippen LogP contribution in [-0.2, 0) is 35.6 Å². The number of likely N-dealkylation sites (N-methyl/N-ethyl adjacent to an activating group) is 1. The van der Waals surface area contributed by atoms with Crippen LogP contribution in [0.5, 0.6) is 0 Å². The first-order valence-corrected chi connectivity index (χ1v) is 10.8. The smallest absolute Gasteiger partial charge is 0.248 e. The summed E-state index contributed by atoms with van der Waals surface area (Å²) in [6.07, 6.45) is 0.854. The minimum Gasteiger partial charge on any atom is -0.375 e. The van der Waals surface area contributed by atoms with Gasteiger partial charge in [-0.2, -0.15) is 5.10 Å². The molecule has 4 rings (SSSR count). The van der Waals surface area contributed by atoms with Crippen LogP contribution in [0.3, 0.4) is 0 Å². The van der Waals surface area contributed by atoms with Crippen molar-refractivity contribution in [3.8, 4) is 5.69 Å². The summed E-state index contributed by atoms with van der Waals surface area (Å²) in [5.74, 6) is -0.301. The summed E-state index contributed by atoms with van der Waals surface area (Å²) in [6, 6.07) is 15.0. The number of fused-ring (bicyclic) bond motifs is 1. The number of hydrogen-bond donors (Lipinski definition) is 0. The number of methoxy groups -OCH3 is 1. The van der Waals surface area contributed by atoms with Gasteiger partial charge in [0.2, 0.25) is 5.91 Å². The lowest BCUT2D eigenvalue weighted by Gasteiger charge is -2.28. The molecule has 0 bridgehead atoms. The number of carbonyl (C=O) groups excluding carboxylic acids is 1. The van der Waals surface area contributed by atoms with Crippen LogP contribution in [-0.4, -0.2) is 52.8 Å². The number of ether oxygens (including phenoxy) is 1. The summed E-state index contributed by atoms with van der Waals surface area (Å²) in [4.78, 5) is 16.3. The molecular weight excluding hydrogens is 407 g/mol. The molecule has 168 valence electrons. The van der Waals surface area contributed by atoms with E-state index in [-0.39, 0.29) is 18.3 Å². The molecule has 1 aliphatic heterocycles. The van der Waals surface area contributed by atoms with Gasteiger partial charge < -0.3 is 9.64 Å². The number of halogens is 1. The topological polar surface area (TPSA) is 50.6 Å². The number of amides is 1. The molecule has 1 aromatic heterocycles. The highest BCUT2D eigenvalue weighted by molar-refractivity contribution is 5.77. The van der Waals surface area contributed by atoms with Crippen molar-refractivity contribution in [3.63, 3.8) is 0 Å². The molecule has 2 aromatic carbocycles. The van der Waals surface area contributed by atoms with Gasteiger partial charge in [0.15, 0.2) is 0 Å². The molecule has 0 saturated heterocycles. The average Bonchev–Trinajstić information content (AvgIpc) is 3.13. The lowest BCUT2D eigenvalue weighted by Crippen LogP contribution is -2.32. The number of aromatic nitrogens is 2. The van der Waals surface area contributed by atoms with Crippen molar-refractivity contribution in [1.29, 1.82) is 0 Å². The van der Waals surface area contributed by atoms with Crippen LogP contribution in [0.1, 0.15) is 28.1 Å². The highest BCUT2D eigenvalue weighted by atomic mass is 19.1. The van der Waals surface area contributed by atoms with Crippen LogP contribution < -0.4 is 0 Å². The molecule has 0 aliphatic carbocycles. The monoisotopic (exact) mass is 436 g/mol. The zero-order valence-corrected chi connectivity index (χ0v) is 18.8. The Bertz CT molecular complexity index is 1080. The Morgan fingerprint density at radius 2 is 1.88 bits per heavy atom. The van der Waals surface area contributed by atoms with Crippen LogP contribution in [0.25, 0.3) is 5.69 Å². The zero-order chi connectivity index (χ0) is 22.7. The standard InChI is InChI=1S/C25H29FN4O2/c1-18-4-10-21(11-5-18)30-24-12-13-29(14-19-6-8-20(26)9-7-19)15-22(24)23(27-30)16-28(2)25(31)17-32-3/h4-11H,12-17H2,1-3H3. The van der Waals surface area contributed by atoms with E-state index in [4.69, 9.17) is 9.84 Å². The SMILES string of the molecule is COCC(=O)N(C)Cc1nn(-c2ccc(C)cc2)c2c1CN(Cc1ccc(F)cc1)CC2. The molecule has 1 aliphatic rings. The lowest BCUT2D eigenvalue weighted by atomic mass is 10.0. The summed E-state index contributed by atoms with van der Waals surface area (Å²) < 4.78 is 20.3. The summed E-state index contributed by atoms with van der Waals surface area (Å²) in [6.45, 7) is 4.91. The third-order valence-corrected chi connectivity index (χ3v) is 5.90. The molecule has 0 atom stereocenters. The maximum absolute atomic E-state index is 13.3. The summed E-state index contributed by atoms with van der Waals surface area (Å²) in [5.41, 5.74) is 6.55. The molecule has 32 heavy (non-hydrogen) atoms. The molecule has 2 heterocycles. The molecule has 0 radical (unpaired) electrons. The quantitative estimate of drug-likeness (QED) is 0.569. The average molecular weight is 437 g/mol. The first kappa shape index (κ1) is 22.2. The van der Waals surface area contributed by atoms with Crippen LogP contribution in [0.15, 0.2) is 48.5 Å². The van der Waals surface area contributed by atoms with Gasteiger partial charge in [0.05, 0.1) is 23.6 Å². The minimum atomic E-state index is -0.222. The molecule has 7 heteroatoms. The van der Waals surface area contributed by atoms with E-state index in [2.05, 4.69) is 36.1 Å². The molecule has 0 fully saturated rings. The van der Waals surface area contributed by atoms with Crippen molar-refractivity contribution in [2.24, 2.45) is 0 Å². The van der Waals surface area contributed by atoms with Crippen molar-refractivity contribution in [2.75, 3.05) is 27.3 Å².